The fraction of sp³-hybridized carbons (Fsp3) is 0.444. The van der Waals surface area contributed by atoms with E-state index in [2.05, 4.69) is 15.3 Å². The lowest BCUT2D eigenvalue weighted by Crippen LogP contribution is -2.37. The molecule has 1 heterocycles. The summed E-state index contributed by atoms with van der Waals surface area (Å²) in [4.78, 5) is 30.3. The van der Waals surface area contributed by atoms with Gasteiger partial charge in [-0.3, -0.25) is 9.59 Å². The molecule has 82 valence electrons. The summed E-state index contributed by atoms with van der Waals surface area (Å²) in [5.41, 5.74) is 0. The van der Waals surface area contributed by atoms with Gasteiger partial charge < -0.3 is 15.2 Å². The van der Waals surface area contributed by atoms with E-state index in [0.29, 0.717) is 12.4 Å². The van der Waals surface area contributed by atoms with Crippen molar-refractivity contribution in [3.05, 3.63) is 18.2 Å². The number of nitrogens with one attached hydrogen (secondary N) is 2. The zero-order valence-electron chi connectivity index (χ0n) is 8.78. The van der Waals surface area contributed by atoms with Crippen molar-refractivity contribution < 1.29 is 9.59 Å². The number of likely N-dealkylation sites (N-methyl/N-ethyl adjacent to an activating group) is 1. The van der Waals surface area contributed by atoms with Crippen LogP contribution in [-0.2, 0) is 16.1 Å². The van der Waals surface area contributed by atoms with Crippen molar-refractivity contribution in [2.45, 2.75) is 13.5 Å². The van der Waals surface area contributed by atoms with E-state index in [9.17, 15) is 9.59 Å². The third-order valence-corrected chi connectivity index (χ3v) is 1.93. The van der Waals surface area contributed by atoms with Gasteiger partial charge in [0.2, 0.25) is 11.8 Å². The maximum Gasteiger partial charge on any atom is 0.239 e. The molecule has 0 saturated carbocycles. The van der Waals surface area contributed by atoms with E-state index in [1.165, 1.54) is 11.8 Å². The van der Waals surface area contributed by atoms with E-state index in [1.807, 2.05) is 0 Å². The number of amides is 2. The molecule has 0 radical (unpaired) electrons. The quantitative estimate of drug-likeness (QED) is 0.703. The number of hydrogen-bond donors (Lipinski definition) is 2. The Labute approximate surface area is 87.7 Å². The molecule has 0 aromatic carbocycles. The van der Waals surface area contributed by atoms with Crippen LogP contribution in [0.1, 0.15) is 12.7 Å². The van der Waals surface area contributed by atoms with Crippen molar-refractivity contribution in [2.24, 2.45) is 0 Å². The molecule has 6 nitrogen and oxygen atoms in total. The zero-order chi connectivity index (χ0) is 11.3. The highest BCUT2D eigenvalue weighted by Crippen LogP contribution is 1.88. The molecular formula is C9H14N4O2. The fourth-order valence-electron chi connectivity index (χ4n) is 0.960. The highest BCUT2D eigenvalue weighted by Gasteiger charge is 2.08. The van der Waals surface area contributed by atoms with Crippen LogP contribution in [0, 0.1) is 0 Å². The monoisotopic (exact) mass is 210 g/mol. The van der Waals surface area contributed by atoms with Gasteiger partial charge in [-0.25, -0.2) is 4.98 Å². The van der Waals surface area contributed by atoms with E-state index >= 15 is 0 Å². The number of aromatic amines is 1. The lowest BCUT2D eigenvalue weighted by molar-refractivity contribution is -0.133. The molecular weight excluding hydrogens is 196 g/mol. The van der Waals surface area contributed by atoms with Crippen LogP contribution in [0.5, 0.6) is 0 Å². The predicted molar refractivity (Wildman–Crippen MR) is 53.7 cm³/mol. The molecule has 1 rings (SSSR count). The first-order valence-corrected chi connectivity index (χ1v) is 4.56. The summed E-state index contributed by atoms with van der Waals surface area (Å²) in [6.45, 7) is 1.83. The molecule has 2 amide bonds. The Kier molecular flexibility index (Phi) is 3.84. The molecule has 0 aliphatic carbocycles. The molecule has 0 bridgehead atoms. The number of imidazole rings is 1. The fourth-order valence-corrected chi connectivity index (χ4v) is 0.960. The molecule has 0 spiro atoms. The lowest BCUT2D eigenvalue weighted by atomic mass is 10.4. The normalized spacial score (nSPS) is 9.73. The highest BCUT2D eigenvalue weighted by molar-refractivity contribution is 5.83. The summed E-state index contributed by atoms with van der Waals surface area (Å²) < 4.78 is 0. The van der Waals surface area contributed by atoms with E-state index in [4.69, 9.17) is 0 Å². The highest BCUT2D eigenvalue weighted by atomic mass is 16.2. The minimum Gasteiger partial charge on any atom is -0.347 e. The van der Waals surface area contributed by atoms with Crippen molar-refractivity contribution in [3.63, 3.8) is 0 Å². The summed E-state index contributed by atoms with van der Waals surface area (Å²) in [6, 6.07) is 0. The minimum absolute atomic E-state index is 0.0655. The molecule has 1 aromatic rings. The maximum absolute atomic E-state index is 11.3. The van der Waals surface area contributed by atoms with Crippen LogP contribution in [0.4, 0.5) is 0 Å². The first kappa shape index (κ1) is 11.2. The number of carbonyl (C=O) groups is 2. The summed E-state index contributed by atoms with van der Waals surface area (Å²) in [6.07, 6.45) is 3.30. The van der Waals surface area contributed by atoms with Gasteiger partial charge in [0.25, 0.3) is 0 Å². The minimum atomic E-state index is -0.205. The Morgan fingerprint density at radius 3 is 2.87 bits per heavy atom. The van der Waals surface area contributed by atoms with Crippen molar-refractivity contribution in [2.75, 3.05) is 13.6 Å². The molecule has 0 unspecified atom stereocenters. The number of hydrogen-bond acceptors (Lipinski definition) is 3. The molecule has 0 atom stereocenters. The largest absolute Gasteiger partial charge is 0.347 e. The van der Waals surface area contributed by atoms with Gasteiger partial charge in [-0.05, 0) is 0 Å². The molecule has 2 N–H and O–H groups in total. The summed E-state index contributed by atoms with van der Waals surface area (Å²) in [5.74, 6) is 0.348. The van der Waals surface area contributed by atoms with Crippen molar-refractivity contribution in [1.82, 2.24) is 20.2 Å². The van der Waals surface area contributed by atoms with E-state index in [1.54, 1.807) is 19.4 Å². The third-order valence-electron chi connectivity index (χ3n) is 1.93. The number of aromatic nitrogens is 2. The Morgan fingerprint density at radius 2 is 2.33 bits per heavy atom. The number of nitrogens with zero attached hydrogens (tertiary/aromatic N) is 2. The standard InChI is InChI=1S/C9H14N4O2/c1-7(14)13(2)6-9(15)12-5-8-10-3-4-11-8/h3-4H,5-6H2,1-2H3,(H,10,11)(H,12,15). The van der Waals surface area contributed by atoms with Crippen LogP contribution in [-0.4, -0.2) is 40.3 Å². The van der Waals surface area contributed by atoms with Gasteiger partial charge in [-0.15, -0.1) is 0 Å². The topological polar surface area (TPSA) is 78.1 Å². The van der Waals surface area contributed by atoms with Gasteiger partial charge in [0.15, 0.2) is 0 Å². The average Bonchev–Trinajstić information content (AvgIpc) is 2.66. The van der Waals surface area contributed by atoms with Gasteiger partial charge in [0.1, 0.15) is 5.82 Å². The average molecular weight is 210 g/mol. The van der Waals surface area contributed by atoms with Crippen molar-refractivity contribution in [3.8, 4) is 0 Å². The second-order valence-corrected chi connectivity index (χ2v) is 3.19. The van der Waals surface area contributed by atoms with Gasteiger partial charge in [0, 0.05) is 26.4 Å². The van der Waals surface area contributed by atoms with Crippen LogP contribution in [0.15, 0.2) is 12.4 Å². The number of H-pyrrole nitrogens is 1. The van der Waals surface area contributed by atoms with Gasteiger partial charge in [-0.1, -0.05) is 0 Å². The van der Waals surface area contributed by atoms with Crippen molar-refractivity contribution >= 4 is 11.8 Å². The van der Waals surface area contributed by atoms with Crippen LogP contribution < -0.4 is 5.32 Å². The Bertz CT molecular complexity index is 334. The van der Waals surface area contributed by atoms with Gasteiger partial charge in [0.05, 0.1) is 13.1 Å². The summed E-state index contributed by atoms with van der Waals surface area (Å²) in [5, 5.41) is 2.64. The molecule has 1 aromatic heterocycles. The molecule has 0 fully saturated rings. The van der Waals surface area contributed by atoms with Gasteiger partial charge in [-0.2, -0.15) is 0 Å². The van der Waals surface area contributed by atoms with Crippen molar-refractivity contribution in [1.29, 1.82) is 0 Å². The van der Waals surface area contributed by atoms with Gasteiger partial charge >= 0.3 is 0 Å². The summed E-state index contributed by atoms with van der Waals surface area (Å²) >= 11 is 0. The van der Waals surface area contributed by atoms with E-state index in [0.717, 1.165) is 0 Å². The summed E-state index contributed by atoms with van der Waals surface area (Å²) in [7, 11) is 1.58. The molecule has 0 aliphatic heterocycles. The number of rotatable bonds is 4. The van der Waals surface area contributed by atoms with Crippen LogP contribution >= 0.6 is 0 Å². The second-order valence-electron chi connectivity index (χ2n) is 3.19. The van der Waals surface area contributed by atoms with E-state index in [-0.39, 0.29) is 18.4 Å². The Morgan fingerprint density at radius 1 is 1.60 bits per heavy atom. The zero-order valence-corrected chi connectivity index (χ0v) is 8.78. The second kappa shape index (κ2) is 5.14. The SMILES string of the molecule is CC(=O)N(C)CC(=O)NCc1ncc[nH]1. The maximum atomic E-state index is 11.3. The molecule has 0 saturated heterocycles. The molecule has 15 heavy (non-hydrogen) atoms. The van der Waals surface area contributed by atoms with Crippen LogP contribution in [0.3, 0.4) is 0 Å². The first-order chi connectivity index (χ1) is 7.09. The smallest absolute Gasteiger partial charge is 0.239 e. The van der Waals surface area contributed by atoms with Crippen LogP contribution in [0.2, 0.25) is 0 Å². The molecule has 0 aliphatic rings. The molecule has 6 heteroatoms. The van der Waals surface area contributed by atoms with E-state index < -0.39 is 0 Å². The Hall–Kier alpha value is -1.85. The predicted octanol–water partition coefficient (Wildman–Crippen LogP) is -0.496. The first-order valence-electron chi connectivity index (χ1n) is 4.56. The number of carbonyl (C=O) groups excluding carboxylic acids is 2. The van der Waals surface area contributed by atoms with Crippen LogP contribution in [0.25, 0.3) is 0 Å². The Balaban J connectivity index is 2.28. The lowest BCUT2D eigenvalue weighted by Gasteiger charge is -2.13. The third kappa shape index (κ3) is 3.80.